The lowest BCUT2D eigenvalue weighted by atomic mass is 10.1. The van der Waals surface area contributed by atoms with Crippen LogP contribution in [0, 0.1) is 0 Å². The Labute approximate surface area is 169 Å². The van der Waals surface area contributed by atoms with Crippen LogP contribution in [0.15, 0.2) is 35.3 Å². The van der Waals surface area contributed by atoms with Crippen molar-refractivity contribution in [3.05, 3.63) is 35.9 Å². The van der Waals surface area contributed by atoms with Crippen molar-refractivity contribution in [2.45, 2.75) is 45.8 Å². The first-order valence-electron chi connectivity index (χ1n) is 9.05. The third kappa shape index (κ3) is 7.11. The van der Waals surface area contributed by atoms with Crippen molar-refractivity contribution in [2.24, 2.45) is 4.99 Å². The van der Waals surface area contributed by atoms with Gasteiger partial charge in [-0.3, -0.25) is 9.89 Å². The van der Waals surface area contributed by atoms with Crippen LogP contribution in [0.1, 0.15) is 39.3 Å². The number of benzene rings is 1. The van der Waals surface area contributed by atoms with Crippen LogP contribution >= 0.6 is 24.0 Å². The van der Waals surface area contributed by atoms with Crippen LogP contribution in [0.25, 0.3) is 0 Å². The predicted molar refractivity (Wildman–Crippen MR) is 116 cm³/mol. The molecule has 2 N–H and O–H groups in total. The zero-order valence-electron chi connectivity index (χ0n) is 15.9. The molecule has 1 saturated heterocycles. The third-order valence-corrected chi connectivity index (χ3v) is 4.50. The van der Waals surface area contributed by atoms with Gasteiger partial charge in [0, 0.05) is 25.2 Å². The summed E-state index contributed by atoms with van der Waals surface area (Å²) in [5.74, 6) is 0.876. The van der Waals surface area contributed by atoms with E-state index in [1.807, 2.05) is 6.07 Å². The fraction of sp³-hybridized carbons (Fsp3) is 0.632. The van der Waals surface area contributed by atoms with E-state index in [0.29, 0.717) is 12.1 Å². The number of halogens is 1. The molecule has 1 aliphatic rings. The molecule has 0 spiro atoms. The highest BCUT2D eigenvalue weighted by atomic mass is 127. The molecule has 3 atom stereocenters. The minimum absolute atomic E-state index is 0. The van der Waals surface area contributed by atoms with Crippen LogP contribution in [0.4, 0.5) is 0 Å². The first kappa shape index (κ1) is 22.2. The third-order valence-electron chi connectivity index (χ3n) is 4.50. The van der Waals surface area contributed by atoms with Crippen LogP contribution < -0.4 is 10.6 Å². The average molecular weight is 460 g/mol. The number of guanidine groups is 1. The van der Waals surface area contributed by atoms with Crippen molar-refractivity contribution in [3.8, 4) is 0 Å². The zero-order chi connectivity index (χ0) is 17.4. The number of nitrogens with one attached hydrogen (secondary N) is 2. The van der Waals surface area contributed by atoms with Gasteiger partial charge in [0.25, 0.3) is 0 Å². The van der Waals surface area contributed by atoms with Crippen LogP contribution in [0.2, 0.25) is 0 Å². The molecule has 1 aliphatic heterocycles. The van der Waals surface area contributed by atoms with E-state index in [0.717, 1.165) is 38.8 Å². The standard InChI is InChI=1S/C19H32N4O.HI/c1-5-20-19(22-17(4)18-9-7-6-8-10-18)21-13-15(2)23-11-12-24-14-16(23)3;/h6-10,15-17H,5,11-14H2,1-4H3,(H2,20,21,22);1H. The van der Waals surface area contributed by atoms with Gasteiger partial charge >= 0.3 is 0 Å². The lowest BCUT2D eigenvalue weighted by Gasteiger charge is -2.37. The smallest absolute Gasteiger partial charge is 0.191 e. The van der Waals surface area contributed by atoms with E-state index in [-0.39, 0.29) is 30.0 Å². The summed E-state index contributed by atoms with van der Waals surface area (Å²) in [4.78, 5) is 7.28. The molecule has 142 valence electrons. The Morgan fingerprint density at radius 2 is 2.04 bits per heavy atom. The van der Waals surface area contributed by atoms with Crippen molar-refractivity contribution < 1.29 is 4.74 Å². The molecule has 1 heterocycles. The minimum Gasteiger partial charge on any atom is -0.379 e. The van der Waals surface area contributed by atoms with Crippen molar-refractivity contribution in [2.75, 3.05) is 32.8 Å². The first-order valence-corrected chi connectivity index (χ1v) is 9.05. The summed E-state index contributed by atoms with van der Waals surface area (Å²) in [6.45, 7) is 13.0. The lowest BCUT2D eigenvalue weighted by Crippen LogP contribution is -2.49. The van der Waals surface area contributed by atoms with Crippen LogP contribution in [0.5, 0.6) is 0 Å². The van der Waals surface area contributed by atoms with E-state index in [2.05, 4.69) is 67.5 Å². The van der Waals surface area contributed by atoms with Gasteiger partial charge in [0.05, 0.1) is 25.8 Å². The van der Waals surface area contributed by atoms with Crippen LogP contribution in [-0.2, 0) is 4.74 Å². The fourth-order valence-electron chi connectivity index (χ4n) is 3.07. The molecule has 25 heavy (non-hydrogen) atoms. The van der Waals surface area contributed by atoms with Gasteiger partial charge in [-0.25, -0.2) is 0 Å². The molecule has 0 bridgehead atoms. The summed E-state index contributed by atoms with van der Waals surface area (Å²) >= 11 is 0. The van der Waals surface area contributed by atoms with Gasteiger partial charge in [-0.15, -0.1) is 24.0 Å². The van der Waals surface area contributed by atoms with E-state index in [1.165, 1.54) is 5.56 Å². The number of hydrogen-bond donors (Lipinski definition) is 2. The second-order valence-corrected chi connectivity index (χ2v) is 6.51. The monoisotopic (exact) mass is 460 g/mol. The predicted octanol–water partition coefficient (Wildman–Crippen LogP) is 3.03. The van der Waals surface area contributed by atoms with E-state index in [4.69, 9.17) is 9.73 Å². The number of nitrogens with zero attached hydrogens (tertiary/aromatic N) is 2. The maximum absolute atomic E-state index is 5.53. The topological polar surface area (TPSA) is 48.9 Å². The summed E-state index contributed by atoms with van der Waals surface area (Å²) in [6.07, 6.45) is 0. The van der Waals surface area contributed by atoms with Crippen molar-refractivity contribution in [3.63, 3.8) is 0 Å². The van der Waals surface area contributed by atoms with E-state index >= 15 is 0 Å². The molecular weight excluding hydrogens is 427 g/mol. The Bertz CT molecular complexity index is 511. The quantitative estimate of drug-likeness (QED) is 0.390. The molecule has 2 rings (SSSR count). The molecule has 3 unspecified atom stereocenters. The molecule has 5 nitrogen and oxygen atoms in total. The number of rotatable bonds is 6. The fourth-order valence-corrected chi connectivity index (χ4v) is 3.07. The highest BCUT2D eigenvalue weighted by molar-refractivity contribution is 14.0. The SMILES string of the molecule is CCNC(=NCC(C)N1CCOCC1C)NC(C)c1ccccc1.I. The van der Waals surface area contributed by atoms with Gasteiger partial charge in [-0.1, -0.05) is 30.3 Å². The molecule has 0 aliphatic carbocycles. The number of ether oxygens (including phenoxy) is 1. The molecule has 1 aromatic carbocycles. The Hall–Kier alpha value is -0.860. The normalized spacial score (nSPS) is 21.1. The summed E-state index contributed by atoms with van der Waals surface area (Å²) in [5.41, 5.74) is 1.26. The number of morpholine rings is 1. The Morgan fingerprint density at radius 1 is 1.32 bits per heavy atom. The van der Waals surface area contributed by atoms with Gasteiger partial charge in [0.15, 0.2) is 5.96 Å². The summed E-state index contributed by atoms with van der Waals surface area (Å²) in [5, 5.41) is 6.85. The molecule has 1 fully saturated rings. The molecular formula is C19H33IN4O. The molecule has 0 aromatic heterocycles. The summed E-state index contributed by atoms with van der Waals surface area (Å²) in [6, 6.07) is 11.5. The Kier molecular flexibility index (Phi) is 10.4. The van der Waals surface area contributed by atoms with E-state index in [9.17, 15) is 0 Å². The maximum Gasteiger partial charge on any atom is 0.191 e. The molecule has 0 radical (unpaired) electrons. The second-order valence-electron chi connectivity index (χ2n) is 6.51. The van der Waals surface area contributed by atoms with Gasteiger partial charge in [-0.2, -0.15) is 0 Å². The Morgan fingerprint density at radius 3 is 2.68 bits per heavy atom. The first-order chi connectivity index (χ1) is 11.6. The van der Waals surface area contributed by atoms with E-state index in [1.54, 1.807) is 0 Å². The van der Waals surface area contributed by atoms with Gasteiger partial charge in [-0.05, 0) is 33.3 Å². The molecule has 0 amide bonds. The zero-order valence-corrected chi connectivity index (χ0v) is 18.2. The summed E-state index contributed by atoms with van der Waals surface area (Å²) in [7, 11) is 0. The molecule has 6 heteroatoms. The molecule has 0 saturated carbocycles. The number of hydrogen-bond acceptors (Lipinski definition) is 3. The average Bonchev–Trinajstić information content (AvgIpc) is 2.60. The summed E-state index contributed by atoms with van der Waals surface area (Å²) < 4.78 is 5.53. The largest absolute Gasteiger partial charge is 0.379 e. The molecule has 1 aromatic rings. The van der Waals surface area contributed by atoms with Gasteiger partial charge in [0.2, 0.25) is 0 Å². The van der Waals surface area contributed by atoms with Crippen LogP contribution in [0.3, 0.4) is 0 Å². The van der Waals surface area contributed by atoms with E-state index < -0.39 is 0 Å². The lowest BCUT2D eigenvalue weighted by molar-refractivity contribution is -0.0165. The highest BCUT2D eigenvalue weighted by Gasteiger charge is 2.23. The maximum atomic E-state index is 5.53. The van der Waals surface area contributed by atoms with Crippen molar-refractivity contribution >= 4 is 29.9 Å². The van der Waals surface area contributed by atoms with Crippen LogP contribution in [-0.4, -0.2) is 55.8 Å². The number of aliphatic imine (C=N–C) groups is 1. The van der Waals surface area contributed by atoms with Crippen molar-refractivity contribution in [1.82, 2.24) is 15.5 Å². The van der Waals surface area contributed by atoms with Gasteiger partial charge in [0.1, 0.15) is 0 Å². The van der Waals surface area contributed by atoms with Crippen molar-refractivity contribution in [1.29, 1.82) is 0 Å². The Balaban J connectivity index is 0.00000312. The second kappa shape index (κ2) is 11.7. The van der Waals surface area contributed by atoms with Gasteiger partial charge < -0.3 is 15.4 Å². The highest BCUT2D eigenvalue weighted by Crippen LogP contribution is 2.12. The minimum atomic E-state index is 0.